The molecule has 3 rings (SSSR count). The molecule has 27 heavy (non-hydrogen) atoms. The lowest BCUT2D eigenvalue weighted by atomic mass is 9.93. The molecular formula is C21H27N5O. The van der Waals surface area contributed by atoms with Gasteiger partial charge in [-0.25, -0.2) is 4.98 Å². The molecule has 0 aliphatic heterocycles. The zero-order valence-corrected chi connectivity index (χ0v) is 15.9. The Morgan fingerprint density at radius 1 is 1.26 bits per heavy atom. The largest absolute Gasteiger partial charge is 0.338 e. The monoisotopic (exact) mass is 365 g/mol. The van der Waals surface area contributed by atoms with E-state index in [1.165, 1.54) is 0 Å². The Balaban J connectivity index is 1.68. The minimum absolute atomic E-state index is 0.0163. The standard InChI is InChI=1S/C21H27N5O/c1-3-15(14(2)22)7-6-9-20(27)25-17-10-12-24-21-16(17)13-19(26-21)18-8-4-5-11-23-18/h4-5,8,10-15H,3,6-7,9,22H2,1-2H3,(H2,24,25,26,27)/t14?,15-/m1/s1. The number of carbonyl (C=O) groups excluding carboxylic acids is 1. The molecule has 0 saturated heterocycles. The number of aromatic amines is 1. The number of nitrogens with one attached hydrogen (secondary N) is 2. The van der Waals surface area contributed by atoms with Crippen LogP contribution in [0.25, 0.3) is 22.4 Å². The zero-order chi connectivity index (χ0) is 19.2. The SMILES string of the molecule is CC[C@H](CCCC(=O)Nc1ccnc2[nH]c(-c3ccccn3)cc12)C(C)N. The van der Waals surface area contributed by atoms with Gasteiger partial charge in [-0.2, -0.15) is 0 Å². The number of hydrogen-bond acceptors (Lipinski definition) is 4. The second kappa shape index (κ2) is 8.77. The van der Waals surface area contributed by atoms with Crippen LogP contribution < -0.4 is 11.1 Å². The first kappa shape index (κ1) is 19.0. The molecule has 0 spiro atoms. The van der Waals surface area contributed by atoms with E-state index in [-0.39, 0.29) is 11.9 Å². The van der Waals surface area contributed by atoms with Crippen molar-refractivity contribution >= 4 is 22.6 Å². The molecule has 0 aliphatic carbocycles. The summed E-state index contributed by atoms with van der Waals surface area (Å²) in [7, 11) is 0. The number of fused-ring (bicyclic) bond motifs is 1. The van der Waals surface area contributed by atoms with E-state index in [9.17, 15) is 4.79 Å². The number of pyridine rings is 2. The molecule has 6 heteroatoms. The smallest absolute Gasteiger partial charge is 0.224 e. The Morgan fingerprint density at radius 3 is 2.81 bits per heavy atom. The minimum Gasteiger partial charge on any atom is -0.338 e. The Labute approximate surface area is 159 Å². The molecule has 0 aromatic carbocycles. The van der Waals surface area contributed by atoms with Crippen LogP contribution in [0.1, 0.15) is 39.5 Å². The van der Waals surface area contributed by atoms with Gasteiger partial charge >= 0.3 is 0 Å². The highest BCUT2D eigenvalue weighted by molar-refractivity contribution is 6.01. The Hall–Kier alpha value is -2.73. The van der Waals surface area contributed by atoms with Gasteiger partial charge in [-0.05, 0) is 49.9 Å². The molecule has 3 aromatic rings. The first-order valence-corrected chi connectivity index (χ1v) is 9.53. The van der Waals surface area contributed by atoms with Gasteiger partial charge in [0.1, 0.15) is 5.65 Å². The van der Waals surface area contributed by atoms with E-state index in [1.54, 1.807) is 12.4 Å². The summed E-state index contributed by atoms with van der Waals surface area (Å²) < 4.78 is 0. The van der Waals surface area contributed by atoms with Crippen LogP contribution in [0.15, 0.2) is 42.7 Å². The normalized spacial score (nSPS) is 13.4. The summed E-state index contributed by atoms with van der Waals surface area (Å²) in [4.78, 5) is 24.4. The maximum absolute atomic E-state index is 12.4. The summed E-state index contributed by atoms with van der Waals surface area (Å²) in [5.74, 6) is 0.485. The second-order valence-electron chi connectivity index (χ2n) is 6.99. The average Bonchev–Trinajstić information content (AvgIpc) is 3.11. The molecule has 1 amide bonds. The number of amides is 1. The lowest BCUT2D eigenvalue weighted by Crippen LogP contribution is -2.26. The van der Waals surface area contributed by atoms with Gasteiger partial charge < -0.3 is 16.0 Å². The molecule has 0 fully saturated rings. The van der Waals surface area contributed by atoms with E-state index in [2.05, 4.69) is 27.2 Å². The lowest BCUT2D eigenvalue weighted by molar-refractivity contribution is -0.116. The van der Waals surface area contributed by atoms with Gasteiger partial charge in [0.2, 0.25) is 5.91 Å². The summed E-state index contributed by atoms with van der Waals surface area (Å²) in [6.07, 6.45) is 6.80. The van der Waals surface area contributed by atoms with Crippen LogP contribution in [-0.4, -0.2) is 26.9 Å². The minimum atomic E-state index is 0.0163. The second-order valence-corrected chi connectivity index (χ2v) is 6.99. The fraction of sp³-hybridized carbons (Fsp3) is 0.381. The van der Waals surface area contributed by atoms with Crippen molar-refractivity contribution in [2.45, 2.75) is 45.6 Å². The van der Waals surface area contributed by atoms with Crippen LogP contribution in [0.3, 0.4) is 0 Å². The van der Waals surface area contributed by atoms with Gasteiger partial charge in [-0.3, -0.25) is 9.78 Å². The summed E-state index contributed by atoms with van der Waals surface area (Å²) in [5, 5.41) is 3.90. The number of aromatic nitrogens is 3. The number of H-pyrrole nitrogens is 1. The predicted octanol–water partition coefficient (Wildman–Crippen LogP) is 4.11. The van der Waals surface area contributed by atoms with Crippen molar-refractivity contribution in [1.29, 1.82) is 0 Å². The molecule has 0 bridgehead atoms. The van der Waals surface area contributed by atoms with Crippen molar-refractivity contribution in [2.75, 3.05) is 5.32 Å². The van der Waals surface area contributed by atoms with Crippen LogP contribution in [0.2, 0.25) is 0 Å². The predicted molar refractivity (Wildman–Crippen MR) is 109 cm³/mol. The summed E-state index contributed by atoms with van der Waals surface area (Å²) in [6.45, 7) is 4.18. The van der Waals surface area contributed by atoms with E-state index in [0.29, 0.717) is 12.3 Å². The third-order valence-corrected chi connectivity index (χ3v) is 4.99. The van der Waals surface area contributed by atoms with E-state index in [1.807, 2.05) is 37.3 Å². The van der Waals surface area contributed by atoms with Gasteiger partial charge in [0.05, 0.1) is 17.1 Å². The lowest BCUT2D eigenvalue weighted by Gasteiger charge is -2.18. The van der Waals surface area contributed by atoms with Crippen LogP contribution in [0, 0.1) is 5.92 Å². The number of anilines is 1. The summed E-state index contributed by atoms with van der Waals surface area (Å²) in [6, 6.07) is 9.73. The molecule has 3 aromatic heterocycles. The molecule has 6 nitrogen and oxygen atoms in total. The van der Waals surface area contributed by atoms with Gasteiger partial charge in [-0.15, -0.1) is 0 Å². The van der Waals surface area contributed by atoms with E-state index in [0.717, 1.165) is 47.4 Å². The Kier molecular flexibility index (Phi) is 6.19. The molecule has 3 heterocycles. The highest BCUT2D eigenvalue weighted by atomic mass is 16.1. The molecule has 0 aliphatic rings. The Bertz CT molecular complexity index is 888. The molecule has 142 valence electrons. The van der Waals surface area contributed by atoms with Gasteiger partial charge in [-0.1, -0.05) is 19.4 Å². The maximum Gasteiger partial charge on any atom is 0.224 e. The molecule has 0 radical (unpaired) electrons. The van der Waals surface area contributed by atoms with Crippen LogP contribution in [-0.2, 0) is 4.79 Å². The van der Waals surface area contributed by atoms with Crippen molar-refractivity contribution in [3.8, 4) is 11.4 Å². The topological polar surface area (TPSA) is 96.7 Å². The third-order valence-electron chi connectivity index (χ3n) is 4.99. The van der Waals surface area contributed by atoms with Crippen molar-refractivity contribution in [3.05, 3.63) is 42.7 Å². The maximum atomic E-state index is 12.4. The number of rotatable bonds is 8. The molecule has 4 N–H and O–H groups in total. The average molecular weight is 365 g/mol. The highest BCUT2D eigenvalue weighted by Gasteiger charge is 2.14. The van der Waals surface area contributed by atoms with Crippen molar-refractivity contribution in [1.82, 2.24) is 15.0 Å². The quantitative estimate of drug-likeness (QED) is 0.560. The van der Waals surface area contributed by atoms with Crippen LogP contribution >= 0.6 is 0 Å². The molecular weight excluding hydrogens is 338 g/mol. The van der Waals surface area contributed by atoms with Gasteiger partial charge in [0.25, 0.3) is 0 Å². The molecule has 2 atom stereocenters. The Morgan fingerprint density at radius 2 is 2.11 bits per heavy atom. The van der Waals surface area contributed by atoms with Crippen LogP contribution in [0.4, 0.5) is 5.69 Å². The van der Waals surface area contributed by atoms with Crippen molar-refractivity contribution in [2.24, 2.45) is 11.7 Å². The van der Waals surface area contributed by atoms with Crippen molar-refractivity contribution < 1.29 is 4.79 Å². The molecule has 1 unspecified atom stereocenters. The van der Waals surface area contributed by atoms with E-state index < -0.39 is 0 Å². The summed E-state index contributed by atoms with van der Waals surface area (Å²) in [5.41, 5.74) is 9.20. The first-order valence-electron chi connectivity index (χ1n) is 9.53. The number of hydrogen-bond donors (Lipinski definition) is 3. The van der Waals surface area contributed by atoms with Gasteiger partial charge in [0.15, 0.2) is 0 Å². The van der Waals surface area contributed by atoms with Crippen LogP contribution in [0.5, 0.6) is 0 Å². The zero-order valence-electron chi connectivity index (χ0n) is 15.9. The fourth-order valence-corrected chi connectivity index (χ4v) is 3.37. The molecule has 0 saturated carbocycles. The van der Waals surface area contributed by atoms with E-state index in [4.69, 9.17) is 5.73 Å². The highest BCUT2D eigenvalue weighted by Crippen LogP contribution is 2.27. The number of carbonyl (C=O) groups is 1. The van der Waals surface area contributed by atoms with Gasteiger partial charge in [0, 0.05) is 30.2 Å². The number of nitrogens with zero attached hydrogens (tertiary/aromatic N) is 2. The van der Waals surface area contributed by atoms with Crippen molar-refractivity contribution in [3.63, 3.8) is 0 Å². The fourth-order valence-electron chi connectivity index (χ4n) is 3.37. The summed E-state index contributed by atoms with van der Waals surface area (Å²) >= 11 is 0. The number of nitrogens with two attached hydrogens (primary N) is 1. The third kappa shape index (κ3) is 4.71. The first-order chi connectivity index (χ1) is 13.1. The van der Waals surface area contributed by atoms with E-state index >= 15 is 0 Å².